The van der Waals surface area contributed by atoms with Crippen molar-refractivity contribution in [1.29, 1.82) is 0 Å². The number of piperidine rings is 1. The summed E-state index contributed by atoms with van der Waals surface area (Å²) in [4.78, 5) is 18.2. The summed E-state index contributed by atoms with van der Waals surface area (Å²) < 4.78 is 0. The van der Waals surface area contributed by atoms with Gasteiger partial charge in [-0.3, -0.25) is 9.78 Å². The van der Waals surface area contributed by atoms with Gasteiger partial charge in [-0.05, 0) is 38.3 Å². The lowest BCUT2D eigenvalue weighted by molar-refractivity contribution is -0.131. The van der Waals surface area contributed by atoms with Crippen molar-refractivity contribution in [1.82, 2.24) is 15.2 Å². The van der Waals surface area contributed by atoms with E-state index in [1.807, 2.05) is 30.0 Å². The molecule has 0 bridgehead atoms. The maximum atomic E-state index is 12.0. The molecule has 0 spiro atoms. The first kappa shape index (κ1) is 13.0. The molecule has 0 aromatic carbocycles. The predicted molar refractivity (Wildman–Crippen MR) is 71.1 cm³/mol. The molecule has 1 fully saturated rings. The third-order valence-corrected chi connectivity index (χ3v) is 3.40. The second kappa shape index (κ2) is 6.50. The van der Waals surface area contributed by atoms with E-state index in [4.69, 9.17) is 0 Å². The molecule has 4 nitrogen and oxygen atoms in total. The quantitative estimate of drug-likeness (QED) is 0.881. The molecule has 2 heterocycles. The summed E-state index contributed by atoms with van der Waals surface area (Å²) in [5.74, 6) is 0.206. The van der Waals surface area contributed by atoms with Crippen molar-refractivity contribution in [2.75, 3.05) is 19.6 Å². The Morgan fingerprint density at radius 1 is 1.39 bits per heavy atom. The Hall–Kier alpha value is -1.42. The van der Waals surface area contributed by atoms with Crippen molar-refractivity contribution in [3.8, 4) is 0 Å². The summed E-state index contributed by atoms with van der Waals surface area (Å²) in [6.45, 7) is 4.26. The zero-order chi connectivity index (χ0) is 12.8. The van der Waals surface area contributed by atoms with E-state index >= 15 is 0 Å². The van der Waals surface area contributed by atoms with E-state index in [0.717, 1.165) is 31.6 Å². The summed E-state index contributed by atoms with van der Waals surface area (Å²) in [6.07, 6.45) is 5.31. The van der Waals surface area contributed by atoms with Crippen LogP contribution in [0.25, 0.3) is 0 Å². The zero-order valence-corrected chi connectivity index (χ0v) is 10.9. The van der Waals surface area contributed by atoms with Gasteiger partial charge in [0.1, 0.15) is 0 Å². The number of nitrogens with one attached hydrogen (secondary N) is 1. The monoisotopic (exact) mass is 247 g/mol. The van der Waals surface area contributed by atoms with Crippen molar-refractivity contribution in [3.63, 3.8) is 0 Å². The minimum Gasteiger partial charge on any atom is -0.342 e. The number of likely N-dealkylation sites (tertiary alicyclic amines) is 1. The van der Waals surface area contributed by atoms with Crippen LogP contribution in [0.5, 0.6) is 0 Å². The topological polar surface area (TPSA) is 45.2 Å². The van der Waals surface area contributed by atoms with Gasteiger partial charge in [-0.25, -0.2) is 0 Å². The second-order valence-electron chi connectivity index (χ2n) is 4.80. The Labute approximate surface area is 108 Å². The van der Waals surface area contributed by atoms with Crippen LogP contribution in [-0.4, -0.2) is 35.4 Å². The van der Waals surface area contributed by atoms with Crippen molar-refractivity contribution in [2.45, 2.75) is 32.2 Å². The second-order valence-corrected chi connectivity index (χ2v) is 4.80. The molecule has 1 aromatic rings. The van der Waals surface area contributed by atoms with Gasteiger partial charge in [0.05, 0.1) is 12.2 Å². The highest BCUT2D eigenvalue weighted by atomic mass is 16.2. The summed E-state index contributed by atoms with van der Waals surface area (Å²) in [6, 6.07) is 5.95. The maximum Gasteiger partial charge on any atom is 0.236 e. The van der Waals surface area contributed by atoms with Gasteiger partial charge >= 0.3 is 0 Å². The summed E-state index contributed by atoms with van der Waals surface area (Å²) in [7, 11) is 0. The number of pyridine rings is 1. The fourth-order valence-electron chi connectivity index (χ4n) is 2.23. The highest BCUT2D eigenvalue weighted by molar-refractivity contribution is 5.78. The Bertz CT molecular complexity index is 374. The Balaban J connectivity index is 1.78. The maximum absolute atomic E-state index is 12.0. The molecule has 1 atom stereocenters. The average molecular weight is 247 g/mol. The SMILES string of the molecule is CC(NCC(=O)N1CCCCC1)c1ccccn1. The first-order chi connectivity index (χ1) is 8.77. The van der Waals surface area contributed by atoms with Crippen LogP contribution in [0.2, 0.25) is 0 Å². The molecule has 0 aliphatic carbocycles. The molecular formula is C14H21N3O. The lowest BCUT2D eigenvalue weighted by Gasteiger charge is -2.27. The summed E-state index contributed by atoms with van der Waals surface area (Å²) >= 11 is 0. The number of carbonyl (C=O) groups is 1. The highest BCUT2D eigenvalue weighted by Gasteiger charge is 2.17. The van der Waals surface area contributed by atoms with Gasteiger partial charge in [-0.1, -0.05) is 6.07 Å². The van der Waals surface area contributed by atoms with E-state index in [9.17, 15) is 4.79 Å². The van der Waals surface area contributed by atoms with Crippen LogP contribution in [0.1, 0.15) is 37.9 Å². The Kier molecular flexibility index (Phi) is 4.70. The van der Waals surface area contributed by atoms with Gasteiger partial charge in [0.2, 0.25) is 5.91 Å². The molecule has 1 N–H and O–H groups in total. The molecule has 18 heavy (non-hydrogen) atoms. The predicted octanol–water partition coefficient (Wildman–Crippen LogP) is 1.74. The molecular weight excluding hydrogens is 226 g/mol. The molecule has 1 aromatic heterocycles. The first-order valence-corrected chi connectivity index (χ1v) is 6.69. The number of nitrogens with zero attached hydrogens (tertiary/aromatic N) is 2. The largest absolute Gasteiger partial charge is 0.342 e. The minimum atomic E-state index is 0.111. The zero-order valence-electron chi connectivity index (χ0n) is 10.9. The first-order valence-electron chi connectivity index (χ1n) is 6.69. The van der Waals surface area contributed by atoms with Crippen molar-refractivity contribution in [2.24, 2.45) is 0 Å². The van der Waals surface area contributed by atoms with E-state index in [2.05, 4.69) is 10.3 Å². The Morgan fingerprint density at radius 3 is 2.83 bits per heavy atom. The van der Waals surface area contributed by atoms with E-state index < -0.39 is 0 Å². The van der Waals surface area contributed by atoms with Crippen molar-refractivity contribution in [3.05, 3.63) is 30.1 Å². The number of hydrogen-bond acceptors (Lipinski definition) is 3. The molecule has 0 saturated carbocycles. The molecule has 1 saturated heterocycles. The van der Waals surface area contributed by atoms with E-state index in [1.165, 1.54) is 6.42 Å². The van der Waals surface area contributed by atoms with Gasteiger partial charge < -0.3 is 10.2 Å². The molecule has 1 aliphatic heterocycles. The number of amides is 1. The normalized spacial score (nSPS) is 17.5. The fraction of sp³-hybridized carbons (Fsp3) is 0.571. The van der Waals surface area contributed by atoms with Gasteiger partial charge in [-0.15, -0.1) is 0 Å². The fourth-order valence-corrected chi connectivity index (χ4v) is 2.23. The van der Waals surface area contributed by atoms with Crippen LogP contribution in [0.4, 0.5) is 0 Å². The van der Waals surface area contributed by atoms with Crippen LogP contribution in [0, 0.1) is 0 Å². The number of rotatable bonds is 4. The third-order valence-electron chi connectivity index (χ3n) is 3.40. The Morgan fingerprint density at radius 2 is 2.17 bits per heavy atom. The van der Waals surface area contributed by atoms with E-state index in [1.54, 1.807) is 6.20 Å². The molecule has 2 rings (SSSR count). The highest BCUT2D eigenvalue weighted by Crippen LogP contribution is 2.10. The lowest BCUT2D eigenvalue weighted by Crippen LogP contribution is -2.41. The number of carbonyl (C=O) groups excluding carboxylic acids is 1. The molecule has 4 heteroatoms. The van der Waals surface area contributed by atoms with Crippen LogP contribution in [0.15, 0.2) is 24.4 Å². The molecule has 1 amide bonds. The molecule has 1 aliphatic rings. The smallest absolute Gasteiger partial charge is 0.236 e. The molecule has 1 unspecified atom stereocenters. The van der Waals surface area contributed by atoms with Gasteiger partial charge in [0, 0.05) is 25.3 Å². The van der Waals surface area contributed by atoms with Crippen molar-refractivity contribution >= 4 is 5.91 Å². The minimum absolute atomic E-state index is 0.111. The third kappa shape index (κ3) is 3.53. The number of aromatic nitrogens is 1. The molecule has 98 valence electrons. The van der Waals surface area contributed by atoms with E-state index in [0.29, 0.717) is 6.54 Å². The van der Waals surface area contributed by atoms with Gasteiger partial charge in [-0.2, -0.15) is 0 Å². The van der Waals surface area contributed by atoms with Gasteiger partial charge in [0.15, 0.2) is 0 Å². The van der Waals surface area contributed by atoms with E-state index in [-0.39, 0.29) is 11.9 Å². The molecule has 0 radical (unpaired) electrons. The standard InChI is InChI=1S/C14H21N3O/c1-12(13-7-3-4-8-15-13)16-11-14(18)17-9-5-2-6-10-17/h3-4,7-8,12,16H,2,5-6,9-11H2,1H3. The van der Waals surface area contributed by atoms with Crippen LogP contribution in [-0.2, 0) is 4.79 Å². The van der Waals surface area contributed by atoms with Crippen LogP contribution >= 0.6 is 0 Å². The summed E-state index contributed by atoms with van der Waals surface area (Å²) in [5, 5.41) is 3.24. The van der Waals surface area contributed by atoms with Gasteiger partial charge in [0.25, 0.3) is 0 Å². The van der Waals surface area contributed by atoms with Crippen LogP contribution in [0.3, 0.4) is 0 Å². The summed E-state index contributed by atoms with van der Waals surface area (Å²) in [5.41, 5.74) is 0.976. The van der Waals surface area contributed by atoms with Crippen molar-refractivity contribution < 1.29 is 4.79 Å². The lowest BCUT2D eigenvalue weighted by atomic mass is 10.1. The van der Waals surface area contributed by atoms with Crippen LogP contribution < -0.4 is 5.32 Å². The average Bonchev–Trinajstić information content (AvgIpc) is 2.46. The number of hydrogen-bond donors (Lipinski definition) is 1.